The molecule has 1 aromatic rings. The highest BCUT2D eigenvalue weighted by Gasteiger charge is 2.48. The molecule has 1 heterocycles. The average molecular weight is 341 g/mol. The van der Waals surface area contributed by atoms with Crippen molar-refractivity contribution < 1.29 is 13.3 Å². The Morgan fingerprint density at radius 3 is 2.26 bits per heavy atom. The SMILES string of the molecule is CC(C)(C)C1(CN)CCN(S(=O)(=O)c2ccc([N+](=O)[O-])cc2)C1. The molecule has 1 fully saturated rings. The maximum absolute atomic E-state index is 12.8. The smallest absolute Gasteiger partial charge is 0.269 e. The van der Waals surface area contributed by atoms with Gasteiger partial charge < -0.3 is 5.73 Å². The maximum Gasteiger partial charge on any atom is 0.269 e. The molecule has 1 aromatic carbocycles. The molecule has 7 nitrogen and oxygen atoms in total. The van der Waals surface area contributed by atoms with E-state index < -0.39 is 14.9 Å². The Labute approximate surface area is 136 Å². The van der Waals surface area contributed by atoms with Crippen LogP contribution in [-0.4, -0.2) is 37.3 Å². The quantitative estimate of drug-likeness (QED) is 0.665. The van der Waals surface area contributed by atoms with Crippen molar-refractivity contribution in [2.45, 2.75) is 32.1 Å². The molecule has 1 saturated heterocycles. The molecular weight excluding hydrogens is 318 g/mol. The zero-order chi connectivity index (χ0) is 17.5. The van der Waals surface area contributed by atoms with E-state index >= 15 is 0 Å². The van der Waals surface area contributed by atoms with Gasteiger partial charge in [0, 0.05) is 30.6 Å². The summed E-state index contributed by atoms with van der Waals surface area (Å²) in [4.78, 5) is 10.2. The Morgan fingerprint density at radius 1 is 1.30 bits per heavy atom. The molecule has 8 heteroatoms. The summed E-state index contributed by atoms with van der Waals surface area (Å²) in [6.07, 6.45) is 0.708. The summed E-state index contributed by atoms with van der Waals surface area (Å²) < 4.78 is 27.0. The van der Waals surface area contributed by atoms with E-state index in [0.717, 1.165) is 0 Å². The van der Waals surface area contributed by atoms with E-state index in [1.165, 1.54) is 28.6 Å². The molecule has 0 spiro atoms. The van der Waals surface area contributed by atoms with E-state index in [1.807, 2.05) is 0 Å². The summed E-state index contributed by atoms with van der Waals surface area (Å²) in [7, 11) is -3.67. The molecule has 1 atom stereocenters. The van der Waals surface area contributed by atoms with Crippen LogP contribution in [0.15, 0.2) is 29.2 Å². The fourth-order valence-electron chi connectivity index (χ4n) is 3.01. The average Bonchev–Trinajstić information content (AvgIpc) is 2.93. The molecular formula is C15H23N3O4S. The van der Waals surface area contributed by atoms with Crippen LogP contribution in [0.4, 0.5) is 5.69 Å². The van der Waals surface area contributed by atoms with E-state index in [4.69, 9.17) is 5.73 Å². The van der Waals surface area contributed by atoms with Gasteiger partial charge in [-0.3, -0.25) is 10.1 Å². The second-order valence-corrected chi connectivity index (χ2v) is 9.01. The summed E-state index contributed by atoms with van der Waals surface area (Å²) in [5.74, 6) is 0. The summed E-state index contributed by atoms with van der Waals surface area (Å²) in [5, 5.41) is 10.7. The first-order chi connectivity index (χ1) is 10.5. The van der Waals surface area contributed by atoms with Crippen LogP contribution >= 0.6 is 0 Å². The lowest BCUT2D eigenvalue weighted by atomic mass is 9.66. The number of rotatable bonds is 4. The summed E-state index contributed by atoms with van der Waals surface area (Å²) in [6.45, 7) is 7.41. The molecule has 23 heavy (non-hydrogen) atoms. The first-order valence-corrected chi connectivity index (χ1v) is 8.92. The van der Waals surface area contributed by atoms with Crippen LogP contribution in [0.3, 0.4) is 0 Å². The van der Waals surface area contributed by atoms with Crippen molar-refractivity contribution in [3.05, 3.63) is 34.4 Å². The maximum atomic E-state index is 12.8. The third-order valence-corrected chi connectivity index (χ3v) is 6.85. The Bertz CT molecular complexity index is 694. The third kappa shape index (κ3) is 3.11. The van der Waals surface area contributed by atoms with Gasteiger partial charge >= 0.3 is 0 Å². The van der Waals surface area contributed by atoms with E-state index in [1.54, 1.807) is 0 Å². The highest BCUT2D eigenvalue weighted by atomic mass is 32.2. The van der Waals surface area contributed by atoms with Crippen molar-refractivity contribution in [1.82, 2.24) is 4.31 Å². The standard InChI is InChI=1S/C15H23N3O4S/c1-14(2,3)15(10-16)8-9-17(11-15)23(21,22)13-6-4-12(5-7-13)18(19)20/h4-7H,8-11,16H2,1-3H3. The Balaban J connectivity index is 2.29. The van der Waals surface area contributed by atoms with Crippen molar-refractivity contribution in [3.8, 4) is 0 Å². The normalized spacial score (nSPS) is 23.1. The number of sulfonamides is 1. The van der Waals surface area contributed by atoms with Gasteiger partial charge in [0.25, 0.3) is 5.69 Å². The Morgan fingerprint density at radius 2 is 1.87 bits per heavy atom. The van der Waals surface area contributed by atoms with E-state index in [0.29, 0.717) is 26.1 Å². The molecule has 0 bridgehead atoms. The van der Waals surface area contributed by atoms with Gasteiger partial charge in [0.1, 0.15) is 0 Å². The fraction of sp³-hybridized carbons (Fsp3) is 0.600. The second-order valence-electron chi connectivity index (χ2n) is 7.07. The Kier molecular flexibility index (Phi) is 4.53. The van der Waals surface area contributed by atoms with Gasteiger partial charge in [-0.25, -0.2) is 8.42 Å². The predicted molar refractivity (Wildman–Crippen MR) is 87.4 cm³/mol. The first kappa shape index (κ1) is 17.8. The van der Waals surface area contributed by atoms with E-state index in [2.05, 4.69) is 20.8 Å². The van der Waals surface area contributed by atoms with E-state index in [9.17, 15) is 18.5 Å². The minimum atomic E-state index is -3.67. The Hall–Kier alpha value is -1.51. The molecule has 0 saturated carbocycles. The zero-order valence-corrected chi connectivity index (χ0v) is 14.5. The van der Waals surface area contributed by atoms with Crippen LogP contribution in [0.2, 0.25) is 0 Å². The number of nitro groups is 1. The van der Waals surface area contributed by atoms with Gasteiger partial charge in [0.2, 0.25) is 10.0 Å². The summed E-state index contributed by atoms with van der Waals surface area (Å²) >= 11 is 0. The highest BCUT2D eigenvalue weighted by molar-refractivity contribution is 7.89. The van der Waals surface area contributed by atoms with Crippen LogP contribution in [-0.2, 0) is 10.0 Å². The molecule has 1 aliphatic heterocycles. The van der Waals surface area contributed by atoms with E-state index in [-0.39, 0.29) is 21.4 Å². The number of benzene rings is 1. The van der Waals surface area contributed by atoms with Gasteiger partial charge in [-0.15, -0.1) is 0 Å². The van der Waals surface area contributed by atoms with Crippen molar-refractivity contribution >= 4 is 15.7 Å². The third-order valence-electron chi connectivity index (χ3n) is 4.99. The molecule has 0 aromatic heterocycles. The number of nitrogens with two attached hydrogens (primary N) is 1. The minimum absolute atomic E-state index is 0.0739. The number of hydrogen-bond donors (Lipinski definition) is 1. The van der Waals surface area contributed by atoms with Crippen LogP contribution in [0.5, 0.6) is 0 Å². The summed E-state index contributed by atoms with van der Waals surface area (Å²) in [6, 6.07) is 4.99. The monoisotopic (exact) mass is 341 g/mol. The summed E-state index contributed by atoms with van der Waals surface area (Å²) in [5.41, 5.74) is 5.45. The van der Waals surface area contributed by atoms with Crippen LogP contribution < -0.4 is 5.73 Å². The predicted octanol–water partition coefficient (Wildman–Crippen LogP) is 1.98. The first-order valence-electron chi connectivity index (χ1n) is 7.48. The molecule has 2 N–H and O–H groups in total. The van der Waals surface area contributed by atoms with Crippen molar-refractivity contribution in [2.24, 2.45) is 16.6 Å². The van der Waals surface area contributed by atoms with Gasteiger partial charge in [-0.05, 0) is 30.5 Å². The number of nitrogens with zero attached hydrogens (tertiary/aromatic N) is 2. The lowest BCUT2D eigenvalue weighted by molar-refractivity contribution is -0.384. The molecule has 2 rings (SSSR count). The largest absolute Gasteiger partial charge is 0.330 e. The topological polar surface area (TPSA) is 107 Å². The fourth-order valence-corrected chi connectivity index (χ4v) is 4.54. The van der Waals surface area contributed by atoms with Crippen molar-refractivity contribution in [2.75, 3.05) is 19.6 Å². The van der Waals surface area contributed by atoms with Crippen molar-refractivity contribution in [3.63, 3.8) is 0 Å². The van der Waals surface area contributed by atoms with Gasteiger partial charge in [-0.2, -0.15) is 4.31 Å². The highest BCUT2D eigenvalue weighted by Crippen LogP contribution is 2.46. The molecule has 1 unspecified atom stereocenters. The van der Waals surface area contributed by atoms with Crippen LogP contribution in [0, 0.1) is 20.9 Å². The lowest BCUT2D eigenvalue weighted by Crippen LogP contribution is -2.45. The zero-order valence-electron chi connectivity index (χ0n) is 13.7. The number of hydrogen-bond acceptors (Lipinski definition) is 5. The molecule has 0 radical (unpaired) electrons. The molecule has 128 valence electrons. The van der Waals surface area contributed by atoms with Gasteiger partial charge in [0.15, 0.2) is 0 Å². The lowest BCUT2D eigenvalue weighted by Gasteiger charge is -2.41. The van der Waals surface area contributed by atoms with Crippen LogP contribution in [0.1, 0.15) is 27.2 Å². The van der Waals surface area contributed by atoms with Gasteiger partial charge in [-0.1, -0.05) is 20.8 Å². The van der Waals surface area contributed by atoms with Gasteiger partial charge in [0.05, 0.1) is 9.82 Å². The number of non-ortho nitro benzene ring substituents is 1. The molecule has 0 amide bonds. The van der Waals surface area contributed by atoms with Crippen molar-refractivity contribution in [1.29, 1.82) is 0 Å². The number of nitro benzene ring substituents is 1. The minimum Gasteiger partial charge on any atom is -0.330 e. The molecule has 0 aliphatic carbocycles. The molecule has 1 aliphatic rings. The second kappa shape index (κ2) is 5.85. The van der Waals surface area contributed by atoms with Crippen LogP contribution in [0.25, 0.3) is 0 Å².